The van der Waals surface area contributed by atoms with Crippen LogP contribution in [0.5, 0.6) is 5.75 Å². The van der Waals surface area contributed by atoms with Gasteiger partial charge in [-0.25, -0.2) is 0 Å². The Morgan fingerprint density at radius 1 is 1.35 bits per heavy atom. The number of nitrogens with zero attached hydrogens (tertiary/aromatic N) is 1. The van der Waals surface area contributed by atoms with Crippen LogP contribution >= 0.6 is 11.6 Å². The molecule has 20 heavy (non-hydrogen) atoms. The van der Waals surface area contributed by atoms with Crippen molar-refractivity contribution in [3.8, 4) is 5.75 Å². The third-order valence-electron chi connectivity index (χ3n) is 2.68. The van der Waals surface area contributed by atoms with Gasteiger partial charge in [0.2, 0.25) is 0 Å². The second-order valence-corrected chi connectivity index (χ2v) is 4.64. The average Bonchev–Trinajstić information content (AvgIpc) is 2.47. The van der Waals surface area contributed by atoms with Gasteiger partial charge in [-0.1, -0.05) is 18.5 Å². The topological polar surface area (TPSA) is 51.2 Å². The molecule has 0 fully saturated rings. The van der Waals surface area contributed by atoms with Crippen LogP contribution in [0.1, 0.15) is 13.3 Å². The summed E-state index contributed by atoms with van der Waals surface area (Å²) in [7, 11) is 0. The molecule has 0 saturated heterocycles. The van der Waals surface area contributed by atoms with Crippen LogP contribution < -0.4 is 10.1 Å². The molecule has 104 valence electrons. The molecule has 4 nitrogen and oxygen atoms in total. The molecule has 0 radical (unpaired) electrons. The molecule has 1 N–H and O–H groups in total. The maximum absolute atomic E-state index is 12.1. The summed E-state index contributed by atoms with van der Waals surface area (Å²) in [4.78, 5) is 16.1. The maximum Gasteiger partial charge on any atom is 0.265 e. The molecule has 0 aliphatic heterocycles. The summed E-state index contributed by atoms with van der Waals surface area (Å²) in [6, 6.07) is 10.5. The largest absolute Gasteiger partial charge is 0.481 e. The van der Waals surface area contributed by atoms with Crippen LogP contribution in [0.3, 0.4) is 0 Å². The van der Waals surface area contributed by atoms with Gasteiger partial charge in [-0.2, -0.15) is 0 Å². The minimum atomic E-state index is -0.559. The number of ether oxygens (including phenoxy) is 1. The molecule has 0 unspecified atom stereocenters. The first-order valence-electron chi connectivity index (χ1n) is 6.32. The first-order chi connectivity index (χ1) is 9.69. The number of anilines is 1. The van der Waals surface area contributed by atoms with Crippen LogP contribution in [0, 0.1) is 0 Å². The van der Waals surface area contributed by atoms with E-state index < -0.39 is 6.10 Å². The summed E-state index contributed by atoms with van der Waals surface area (Å²) in [5, 5.41) is 3.40. The van der Waals surface area contributed by atoms with Gasteiger partial charge in [-0.05, 0) is 42.8 Å². The van der Waals surface area contributed by atoms with E-state index in [1.807, 2.05) is 6.92 Å². The van der Waals surface area contributed by atoms with E-state index in [1.54, 1.807) is 48.8 Å². The summed E-state index contributed by atoms with van der Waals surface area (Å²) >= 11 is 5.81. The van der Waals surface area contributed by atoms with Crippen molar-refractivity contribution in [1.29, 1.82) is 0 Å². The van der Waals surface area contributed by atoms with E-state index in [0.29, 0.717) is 22.9 Å². The quantitative estimate of drug-likeness (QED) is 0.916. The van der Waals surface area contributed by atoms with Crippen molar-refractivity contribution in [2.24, 2.45) is 0 Å². The Morgan fingerprint density at radius 3 is 2.70 bits per heavy atom. The molecule has 2 aromatic rings. The molecule has 0 saturated carbocycles. The van der Waals surface area contributed by atoms with Crippen LogP contribution in [-0.4, -0.2) is 17.0 Å². The Bertz CT molecular complexity index is 558. The Balaban J connectivity index is 2.00. The van der Waals surface area contributed by atoms with E-state index in [0.717, 1.165) is 0 Å². The summed E-state index contributed by atoms with van der Waals surface area (Å²) in [6.07, 6.45) is 3.25. The second kappa shape index (κ2) is 6.91. The molecular weight excluding hydrogens is 276 g/mol. The lowest BCUT2D eigenvalue weighted by atomic mass is 10.2. The van der Waals surface area contributed by atoms with Crippen LogP contribution in [0.15, 0.2) is 48.8 Å². The van der Waals surface area contributed by atoms with Gasteiger partial charge in [-0.15, -0.1) is 0 Å². The highest BCUT2D eigenvalue weighted by Crippen LogP contribution is 2.18. The summed E-state index contributed by atoms with van der Waals surface area (Å²) in [5.74, 6) is 0.415. The van der Waals surface area contributed by atoms with Gasteiger partial charge in [-0.3, -0.25) is 9.78 Å². The van der Waals surface area contributed by atoms with Gasteiger partial charge in [0.1, 0.15) is 5.75 Å². The van der Waals surface area contributed by atoms with Gasteiger partial charge >= 0.3 is 0 Å². The predicted molar refractivity (Wildman–Crippen MR) is 79.0 cm³/mol. The van der Waals surface area contributed by atoms with Crippen molar-refractivity contribution in [3.63, 3.8) is 0 Å². The van der Waals surface area contributed by atoms with Crippen molar-refractivity contribution >= 4 is 23.2 Å². The molecule has 1 aromatic heterocycles. The zero-order valence-corrected chi connectivity index (χ0v) is 11.8. The third-order valence-corrected chi connectivity index (χ3v) is 2.94. The molecular formula is C15H15ClN2O2. The average molecular weight is 291 g/mol. The van der Waals surface area contributed by atoms with Crippen LogP contribution in [0.2, 0.25) is 5.02 Å². The third kappa shape index (κ3) is 3.96. The molecule has 1 heterocycles. The minimum absolute atomic E-state index is 0.199. The smallest absolute Gasteiger partial charge is 0.265 e. The lowest BCUT2D eigenvalue weighted by Gasteiger charge is -2.17. The summed E-state index contributed by atoms with van der Waals surface area (Å²) < 4.78 is 5.66. The number of carbonyl (C=O) groups excluding carboxylic acids is 1. The van der Waals surface area contributed by atoms with Crippen molar-refractivity contribution < 1.29 is 9.53 Å². The number of hydrogen-bond donors (Lipinski definition) is 1. The van der Waals surface area contributed by atoms with Crippen LogP contribution in [0.4, 0.5) is 5.69 Å². The number of halogens is 1. The van der Waals surface area contributed by atoms with E-state index in [9.17, 15) is 4.79 Å². The fraction of sp³-hybridized carbons (Fsp3) is 0.200. The molecule has 0 spiro atoms. The maximum atomic E-state index is 12.1. The molecule has 5 heteroatoms. The van der Waals surface area contributed by atoms with E-state index in [2.05, 4.69) is 10.3 Å². The first kappa shape index (κ1) is 14.3. The van der Waals surface area contributed by atoms with Crippen LogP contribution in [-0.2, 0) is 4.79 Å². The lowest BCUT2D eigenvalue weighted by molar-refractivity contribution is -0.122. The van der Waals surface area contributed by atoms with E-state index in [4.69, 9.17) is 16.3 Å². The Morgan fingerprint density at radius 2 is 2.10 bits per heavy atom. The number of hydrogen-bond acceptors (Lipinski definition) is 3. The Hall–Kier alpha value is -2.07. The zero-order chi connectivity index (χ0) is 14.4. The van der Waals surface area contributed by atoms with Gasteiger partial charge in [0, 0.05) is 11.2 Å². The van der Waals surface area contributed by atoms with Gasteiger partial charge in [0.25, 0.3) is 5.91 Å². The fourth-order valence-electron chi connectivity index (χ4n) is 1.66. The highest BCUT2D eigenvalue weighted by molar-refractivity contribution is 6.30. The number of amides is 1. The number of aromatic nitrogens is 1. The number of benzene rings is 1. The Kier molecular flexibility index (Phi) is 4.96. The number of nitrogens with one attached hydrogen (secondary N) is 1. The van der Waals surface area contributed by atoms with Crippen LogP contribution in [0.25, 0.3) is 0 Å². The predicted octanol–water partition coefficient (Wildman–Crippen LogP) is 3.53. The highest BCUT2D eigenvalue weighted by Gasteiger charge is 2.18. The second-order valence-electron chi connectivity index (χ2n) is 4.20. The lowest BCUT2D eigenvalue weighted by Crippen LogP contribution is -2.32. The molecule has 0 aliphatic rings. The summed E-state index contributed by atoms with van der Waals surface area (Å²) in [6.45, 7) is 1.89. The Labute approximate surface area is 122 Å². The molecule has 2 rings (SSSR count). The van der Waals surface area contributed by atoms with E-state index in [-0.39, 0.29) is 5.91 Å². The van der Waals surface area contributed by atoms with Gasteiger partial charge in [0.15, 0.2) is 6.10 Å². The SMILES string of the molecule is CC[C@@H](Oc1ccc(Cl)cc1)C(=O)Nc1cccnc1. The molecule has 1 amide bonds. The van der Waals surface area contributed by atoms with Crippen molar-refractivity contribution in [1.82, 2.24) is 4.98 Å². The monoisotopic (exact) mass is 290 g/mol. The summed E-state index contributed by atoms with van der Waals surface area (Å²) in [5.41, 5.74) is 0.649. The van der Waals surface area contributed by atoms with Crippen molar-refractivity contribution in [2.75, 3.05) is 5.32 Å². The number of carbonyl (C=O) groups is 1. The number of rotatable bonds is 5. The van der Waals surface area contributed by atoms with E-state index >= 15 is 0 Å². The number of pyridine rings is 1. The van der Waals surface area contributed by atoms with Gasteiger partial charge < -0.3 is 10.1 Å². The normalized spacial score (nSPS) is 11.7. The van der Waals surface area contributed by atoms with Gasteiger partial charge in [0.05, 0.1) is 11.9 Å². The van der Waals surface area contributed by atoms with Crippen molar-refractivity contribution in [3.05, 3.63) is 53.8 Å². The first-order valence-corrected chi connectivity index (χ1v) is 6.70. The highest BCUT2D eigenvalue weighted by atomic mass is 35.5. The van der Waals surface area contributed by atoms with E-state index in [1.165, 1.54) is 0 Å². The molecule has 0 aliphatic carbocycles. The molecule has 1 atom stereocenters. The molecule has 1 aromatic carbocycles. The standard InChI is InChI=1S/C15H15ClN2O2/c1-2-14(20-13-7-5-11(16)6-8-13)15(19)18-12-4-3-9-17-10-12/h3-10,14H,2H2,1H3,(H,18,19)/t14-/m1/s1. The minimum Gasteiger partial charge on any atom is -0.481 e. The fourth-order valence-corrected chi connectivity index (χ4v) is 1.79. The zero-order valence-electron chi connectivity index (χ0n) is 11.0. The molecule has 0 bridgehead atoms. The van der Waals surface area contributed by atoms with Crippen molar-refractivity contribution in [2.45, 2.75) is 19.4 Å².